The van der Waals surface area contributed by atoms with Crippen molar-refractivity contribution >= 4 is 34.1 Å². The first kappa shape index (κ1) is 18.6. The predicted molar refractivity (Wildman–Crippen MR) is 118 cm³/mol. The van der Waals surface area contributed by atoms with Crippen molar-refractivity contribution in [2.24, 2.45) is 0 Å². The first-order valence-corrected chi connectivity index (χ1v) is 10.2. The minimum atomic E-state index is -0.166. The summed E-state index contributed by atoms with van der Waals surface area (Å²) < 4.78 is 1.50. The minimum absolute atomic E-state index is 0.159. The van der Waals surface area contributed by atoms with Crippen LogP contribution in [0.5, 0.6) is 0 Å². The van der Waals surface area contributed by atoms with Crippen LogP contribution in [-0.2, 0) is 4.79 Å². The molecule has 1 saturated heterocycles. The van der Waals surface area contributed by atoms with Crippen LogP contribution in [0.15, 0.2) is 59.5 Å². The number of benzene rings is 2. The van der Waals surface area contributed by atoms with Gasteiger partial charge in [-0.2, -0.15) is 0 Å². The van der Waals surface area contributed by atoms with E-state index in [1.165, 1.54) is 4.68 Å². The summed E-state index contributed by atoms with van der Waals surface area (Å²) in [6.07, 6.45) is 3.10. The zero-order chi connectivity index (χ0) is 20.8. The van der Waals surface area contributed by atoms with Gasteiger partial charge in [0.05, 0.1) is 16.6 Å². The number of H-pyrrole nitrogens is 1. The number of aromatic amines is 1. The minimum Gasteiger partial charge on any atom is -0.312 e. The molecule has 4 aromatic rings. The average molecular weight is 419 g/mol. The average Bonchev–Trinajstić information content (AvgIpc) is 3.32. The van der Waals surface area contributed by atoms with Crippen molar-refractivity contribution in [2.75, 3.05) is 11.4 Å². The smallest absolute Gasteiger partial charge is 0.280 e. The Bertz CT molecular complexity index is 1320. The second-order valence-corrected chi connectivity index (χ2v) is 7.87. The molecule has 3 heterocycles. The summed E-state index contributed by atoms with van der Waals surface area (Å²) in [5.74, 6) is 0.159. The highest BCUT2D eigenvalue weighted by atomic mass is 35.5. The highest BCUT2D eigenvalue weighted by molar-refractivity contribution is 6.30. The van der Waals surface area contributed by atoms with Crippen molar-refractivity contribution in [1.82, 2.24) is 14.8 Å². The molecule has 0 bridgehead atoms. The number of pyridine rings is 1. The Labute approximate surface area is 177 Å². The van der Waals surface area contributed by atoms with Crippen molar-refractivity contribution in [1.29, 1.82) is 0 Å². The molecule has 5 rings (SSSR count). The highest BCUT2D eigenvalue weighted by Gasteiger charge is 2.22. The third kappa shape index (κ3) is 3.00. The Hall–Kier alpha value is -3.38. The summed E-state index contributed by atoms with van der Waals surface area (Å²) in [7, 11) is 0. The lowest BCUT2D eigenvalue weighted by Gasteiger charge is -2.16. The number of carbonyl (C=O) groups is 1. The van der Waals surface area contributed by atoms with Crippen molar-refractivity contribution in [3.8, 4) is 16.8 Å². The molecule has 7 heteroatoms. The molecule has 1 aliphatic rings. The molecule has 0 radical (unpaired) electrons. The summed E-state index contributed by atoms with van der Waals surface area (Å²) in [5.41, 5.74) is 4.78. The van der Waals surface area contributed by atoms with Gasteiger partial charge < -0.3 is 4.90 Å². The predicted octanol–water partition coefficient (Wildman–Crippen LogP) is 4.47. The van der Waals surface area contributed by atoms with Gasteiger partial charge in [0.15, 0.2) is 0 Å². The molecule has 0 aliphatic carbocycles. The van der Waals surface area contributed by atoms with Gasteiger partial charge in [0.1, 0.15) is 0 Å². The zero-order valence-corrected chi connectivity index (χ0v) is 17.1. The number of carbonyl (C=O) groups excluding carboxylic acids is 1. The van der Waals surface area contributed by atoms with Gasteiger partial charge in [0, 0.05) is 41.1 Å². The van der Waals surface area contributed by atoms with Crippen LogP contribution in [0.3, 0.4) is 0 Å². The lowest BCUT2D eigenvalue weighted by Crippen LogP contribution is -2.23. The van der Waals surface area contributed by atoms with E-state index in [-0.39, 0.29) is 11.5 Å². The van der Waals surface area contributed by atoms with Crippen LogP contribution in [0.4, 0.5) is 5.69 Å². The van der Waals surface area contributed by atoms with Crippen LogP contribution in [0, 0.1) is 6.92 Å². The lowest BCUT2D eigenvalue weighted by atomic mass is 10.0. The van der Waals surface area contributed by atoms with E-state index in [9.17, 15) is 9.59 Å². The third-order valence-electron chi connectivity index (χ3n) is 5.55. The third-order valence-corrected chi connectivity index (χ3v) is 5.80. The first-order chi connectivity index (χ1) is 14.5. The van der Waals surface area contributed by atoms with Crippen LogP contribution in [0.1, 0.15) is 18.5 Å². The Kier molecular flexibility index (Phi) is 4.44. The van der Waals surface area contributed by atoms with Gasteiger partial charge in [-0.05, 0) is 55.3 Å². The van der Waals surface area contributed by atoms with Crippen LogP contribution in [0.25, 0.3) is 27.7 Å². The molecule has 0 saturated carbocycles. The van der Waals surface area contributed by atoms with Gasteiger partial charge in [-0.3, -0.25) is 19.7 Å². The Morgan fingerprint density at radius 1 is 1.00 bits per heavy atom. The molecule has 1 N–H and O–H groups in total. The van der Waals surface area contributed by atoms with Crippen molar-refractivity contribution in [3.63, 3.8) is 0 Å². The van der Waals surface area contributed by atoms with Crippen molar-refractivity contribution in [2.45, 2.75) is 19.8 Å². The molecule has 1 amide bonds. The molecule has 2 aromatic heterocycles. The molecular weight excluding hydrogens is 400 g/mol. The van der Waals surface area contributed by atoms with Crippen LogP contribution >= 0.6 is 11.6 Å². The largest absolute Gasteiger partial charge is 0.312 e. The van der Waals surface area contributed by atoms with E-state index >= 15 is 0 Å². The second kappa shape index (κ2) is 7.15. The molecule has 0 atom stereocenters. The SMILES string of the molecule is Cc1ncc2c(=O)n(-c3ccc(Cl)cc3)[nH]c2c1-c1ccc(N2CCCC2=O)cc1. The maximum Gasteiger partial charge on any atom is 0.280 e. The van der Waals surface area contributed by atoms with E-state index in [1.807, 2.05) is 36.1 Å². The van der Waals surface area contributed by atoms with E-state index in [0.29, 0.717) is 22.5 Å². The molecule has 0 spiro atoms. The Morgan fingerprint density at radius 2 is 1.70 bits per heavy atom. The van der Waals surface area contributed by atoms with Gasteiger partial charge in [-0.15, -0.1) is 0 Å². The van der Waals surface area contributed by atoms with E-state index in [4.69, 9.17) is 11.6 Å². The topological polar surface area (TPSA) is 71.0 Å². The zero-order valence-electron chi connectivity index (χ0n) is 16.4. The summed E-state index contributed by atoms with van der Waals surface area (Å²) in [4.78, 5) is 31.3. The number of nitrogens with zero attached hydrogens (tertiary/aromatic N) is 3. The van der Waals surface area contributed by atoms with Crippen LogP contribution in [0.2, 0.25) is 5.02 Å². The number of nitrogens with one attached hydrogen (secondary N) is 1. The number of halogens is 1. The number of amides is 1. The van der Waals surface area contributed by atoms with Gasteiger partial charge in [-0.1, -0.05) is 23.7 Å². The molecule has 0 unspecified atom stereocenters. The number of aromatic nitrogens is 3. The molecule has 30 heavy (non-hydrogen) atoms. The van der Waals surface area contributed by atoms with E-state index in [2.05, 4.69) is 10.1 Å². The molecule has 2 aromatic carbocycles. The molecule has 1 aliphatic heterocycles. The Morgan fingerprint density at radius 3 is 2.37 bits per heavy atom. The first-order valence-electron chi connectivity index (χ1n) is 9.80. The van der Waals surface area contributed by atoms with Gasteiger partial charge >= 0.3 is 0 Å². The highest BCUT2D eigenvalue weighted by Crippen LogP contribution is 2.31. The molecule has 6 nitrogen and oxygen atoms in total. The van der Waals surface area contributed by atoms with Gasteiger partial charge in [0.25, 0.3) is 5.56 Å². The number of hydrogen-bond donors (Lipinski definition) is 1. The molecule has 1 fully saturated rings. The van der Waals surface area contributed by atoms with E-state index < -0.39 is 0 Å². The summed E-state index contributed by atoms with van der Waals surface area (Å²) in [5, 5.41) is 4.37. The fourth-order valence-electron chi connectivity index (χ4n) is 4.02. The number of rotatable bonds is 3. The molecular formula is C23H19ClN4O2. The summed E-state index contributed by atoms with van der Waals surface area (Å²) in [6.45, 7) is 2.68. The normalized spacial score (nSPS) is 14.1. The standard InChI is InChI=1S/C23H19ClN4O2/c1-14-21(15-4-8-17(9-5-15)27-12-2-3-20(27)29)22-19(13-25-14)23(30)28(26-22)18-10-6-16(24)7-11-18/h4-11,13,26H,2-3,12H2,1H3. The number of fused-ring (bicyclic) bond motifs is 1. The van der Waals surface area contributed by atoms with E-state index in [1.54, 1.807) is 30.5 Å². The summed E-state index contributed by atoms with van der Waals surface area (Å²) in [6, 6.07) is 14.9. The quantitative estimate of drug-likeness (QED) is 0.533. The Balaban J connectivity index is 1.63. The van der Waals surface area contributed by atoms with Gasteiger partial charge in [-0.25, -0.2) is 4.68 Å². The fraction of sp³-hybridized carbons (Fsp3) is 0.174. The monoisotopic (exact) mass is 418 g/mol. The maximum atomic E-state index is 13.0. The van der Waals surface area contributed by atoms with Gasteiger partial charge in [0.2, 0.25) is 5.91 Å². The number of anilines is 1. The fourth-order valence-corrected chi connectivity index (χ4v) is 4.15. The number of hydrogen-bond acceptors (Lipinski definition) is 3. The van der Waals surface area contributed by atoms with Crippen LogP contribution < -0.4 is 10.5 Å². The van der Waals surface area contributed by atoms with Crippen molar-refractivity contribution < 1.29 is 4.79 Å². The van der Waals surface area contributed by atoms with Crippen molar-refractivity contribution in [3.05, 3.63) is 75.8 Å². The summed E-state index contributed by atoms with van der Waals surface area (Å²) >= 11 is 5.98. The maximum absolute atomic E-state index is 13.0. The van der Waals surface area contributed by atoms with E-state index in [0.717, 1.165) is 41.0 Å². The van der Waals surface area contributed by atoms with Crippen LogP contribution in [-0.4, -0.2) is 27.2 Å². The molecule has 150 valence electrons. The second-order valence-electron chi connectivity index (χ2n) is 7.43. The lowest BCUT2D eigenvalue weighted by molar-refractivity contribution is -0.117. The number of aryl methyl sites for hydroxylation is 1.